The van der Waals surface area contributed by atoms with E-state index in [1.54, 1.807) is 24.3 Å². The Morgan fingerprint density at radius 2 is 2.10 bits per heavy atom. The minimum atomic E-state index is -3.59. The number of sulfonamides is 1. The Labute approximate surface area is 136 Å². The van der Waals surface area contributed by atoms with Crippen LogP contribution in [0, 0.1) is 6.92 Å². The molecule has 7 heteroatoms. The van der Waals surface area contributed by atoms with E-state index in [0.29, 0.717) is 21.9 Å². The monoisotopic (exact) mass is 387 g/mol. The van der Waals surface area contributed by atoms with Gasteiger partial charge in [0, 0.05) is 12.1 Å². The smallest absolute Gasteiger partial charge is 0.273 e. The van der Waals surface area contributed by atoms with Gasteiger partial charge >= 0.3 is 0 Å². The van der Waals surface area contributed by atoms with Crippen molar-refractivity contribution in [1.82, 2.24) is 0 Å². The third kappa shape index (κ3) is 2.52. The van der Waals surface area contributed by atoms with Crippen LogP contribution in [0.1, 0.15) is 23.7 Å². The first kappa shape index (κ1) is 15.0. The maximum Gasteiger partial charge on any atom is 0.273 e. The number of benzene rings is 1. The zero-order valence-corrected chi connectivity index (χ0v) is 14.5. The summed E-state index contributed by atoms with van der Waals surface area (Å²) in [7, 11) is -3.59. The van der Waals surface area contributed by atoms with Gasteiger partial charge in [0.15, 0.2) is 0 Å². The summed E-state index contributed by atoms with van der Waals surface area (Å²) < 4.78 is 28.3. The second kappa shape index (κ2) is 5.39. The van der Waals surface area contributed by atoms with E-state index in [0.717, 1.165) is 9.35 Å². The molecule has 1 atom stereocenters. The summed E-state index contributed by atoms with van der Waals surface area (Å²) in [5.41, 5.74) is 2.14. The van der Waals surface area contributed by atoms with E-state index in [-0.39, 0.29) is 6.54 Å². The lowest BCUT2D eigenvalue weighted by molar-refractivity contribution is 0.166. The Balaban J connectivity index is 2.10. The van der Waals surface area contributed by atoms with E-state index >= 15 is 0 Å². The molecule has 2 heterocycles. The summed E-state index contributed by atoms with van der Waals surface area (Å²) in [5, 5.41) is 10.0. The lowest BCUT2D eigenvalue weighted by Gasteiger charge is -2.32. The van der Waals surface area contributed by atoms with E-state index < -0.39 is 16.1 Å². The number of thiophene rings is 1. The molecule has 112 valence electrons. The predicted molar refractivity (Wildman–Crippen MR) is 87.3 cm³/mol. The SMILES string of the molecule is Cc1cc(S(=O)(=O)N2CCC(O)c3ccccc32)sc1Br. The van der Waals surface area contributed by atoms with Gasteiger partial charge in [-0.05, 0) is 47.0 Å². The number of nitrogens with zero attached hydrogens (tertiary/aromatic N) is 1. The summed E-state index contributed by atoms with van der Waals surface area (Å²) in [6.45, 7) is 2.16. The molecule has 1 aromatic carbocycles. The van der Waals surface area contributed by atoms with E-state index in [1.807, 2.05) is 13.0 Å². The molecular weight excluding hydrogens is 374 g/mol. The molecule has 1 aliphatic rings. The highest BCUT2D eigenvalue weighted by Crippen LogP contribution is 2.39. The second-order valence-corrected chi connectivity index (χ2v) is 9.42. The van der Waals surface area contributed by atoms with E-state index in [9.17, 15) is 13.5 Å². The van der Waals surface area contributed by atoms with Gasteiger partial charge in [-0.2, -0.15) is 0 Å². The standard InChI is InChI=1S/C14H14BrNO3S2/c1-9-8-13(20-14(9)15)21(18,19)16-7-6-12(17)10-4-2-3-5-11(10)16/h2-5,8,12,17H,6-7H2,1H3. The van der Waals surface area contributed by atoms with Crippen LogP contribution in [0.4, 0.5) is 5.69 Å². The van der Waals surface area contributed by atoms with Crippen molar-refractivity contribution in [3.8, 4) is 0 Å². The molecule has 0 radical (unpaired) electrons. The number of fused-ring (bicyclic) bond motifs is 1. The molecule has 0 fully saturated rings. The van der Waals surface area contributed by atoms with Crippen molar-refractivity contribution in [2.24, 2.45) is 0 Å². The molecule has 21 heavy (non-hydrogen) atoms. The molecule has 0 bridgehead atoms. The van der Waals surface area contributed by atoms with Crippen molar-refractivity contribution in [2.45, 2.75) is 23.7 Å². The minimum Gasteiger partial charge on any atom is -0.388 e. The van der Waals surface area contributed by atoms with Gasteiger partial charge in [0.25, 0.3) is 10.0 Å². The Morgan fingerprint density at radius 1 is 1.38 bits per heavy atom. The Kier molecular flexibility index (Phi) is 3.85. The number of hydrogen-bond donors (Lipinski definition) is 1. The second-order valence-electron chi connectivity index (χ2n) is 4.96. The fraction of sp³-hybridized carbons (Fsp3) is 0.286. The molecule has 3 rings (SSSR count). The summed E-state index contributed by atoms with van der Waals surface area (Å²) >= 11 is 4.58. The predicted octanol–water partition coefficient (Wildman–Crippen LogP) is 3.45. The van der Waals surface area contributed by atoms with Gasteiger partial charge in [-0.25, -0.2) is 8.42 Å². The van der Waals surface area contributed by atoms with Crippen LogP contribution in [0.3, 0.4) is 0 Å². The van der Waals surface area contributed by atoms with Gasteiger partial charge in [0.05, 0.1) is 15.6 Å². The molecule has 2 aromatic rings. The lowest BCUT2D eigenvalue weighted by atomic mass is 10.0. The number of aryl methyl sites for hydroxylation is 1. The molecule has 4 nitrogen and oxygen atoms in total. The highest BCUT2D eigenvalue weighted by Gasteiger charge is 2.33. The number of aliphatic hydroxyl groups excluding tert-OH is 1. The van der Waals surface area contributed by atoms with E-state index in [2.05, 4.69) is 15.9 Å². The first-order valence-electron chi connectivity index (χ1n) is 6.47. The van der Waals surface area contributed by atoms with E-state index in [4.69, 9.17) is 0 Å². The fourth-order valence-electron chi connectivity index (χ4n) is 2.43. The Bertz CT molecular complexity index is 766. The van der Waals surface area contributed by atoms with Crippen LogP contribution < -0.4 is 4.31 Å². The van der Waals surface area contributed by atoms with Gasteiger partial charge in [0.2, 0.25) is 0 Å². The molecule has 0 amide bonds. The number of halogens is 1. The first-order valence-corrected chi connectivity index (χ1v) is 9.52. The fourth-order valence-corrected chi connectivity index (χ4v) is 6.28. The quantitative estimate of drug-likeness (QED) is 0.858. The molecule has 1 aliphatic heterocycles. The Morgan fingerprint density at radius 3 is 2.76 bits per heavy atom. The van der Waals surface area contributed by atoms with Crippen molar-refractivity contribution >= 4 is 43.0 Å². The zero-order chi connectivity index (χ0) is 15.2. The normalized spacial score (nSPS) is 18.6. The topological polar surface area (TPSA) is 57.6 Å². The van der Waals surface area contributed by atoms with Crippen LogP contribution in [-0.2, 0) is 10.0 Å². The first-order chi connectivity index (χ1) is 9.91. The van der Waals surface area contributed by atoms with Crippen LogP contribution in [-0.4, -0.2) is 20.1 Å². The lowest BCUT2D eigenvalue weighted by Crippen LogP contribution is -2.36. The highest BCUT2D eigenvalue weighted by atomic mass is 79.9. The van der Waals surface area contributed by atoms with Crippen molar-refractivity contribution in [3.05, 3.63) is 45.2 Å². The third-order valence-corrected chi connectivity index (χ3v) is 7.95. The maximum atomic E-state index is 12.9. The third-order valence-electron chi connectivity index (χ3n) is 3.55. The van der Waals surface area contributed by atoms with Crippen molar-refractivity contribution in [3.63, 3.8) is 0 Å². The van der Waals surface area contributed by atoms with E-state index in [1.165, 1.54) is 15.6 Å². The van der Waals surface area contributed by atoms with Crippen molar-refractivity contribution < 1.29 is 13.5 Å². The summed E-state index contributed by atoms with van der Waals surface area (Å²) in [5.74, 6) is 0. The number of anilines is 1. The number of para-hydroxylation sites is 1. The molecule has 1 aromatic heterocycles. The molecule has 1 N–H and O–H groups in total. The zero-order valence-electron chi connectivity index (χ0n) is 11.3. The van der Waals surface area contributed by atoms with Gasteiger partial charge in [-0.1, -0.05) is 18.2 Å². The average molecular weight is 388 g/mol. The average Bonchev–Trinajstić information content (AvgIpc) is 2.80. The molecule has 0 saturated heterocycles. The largest absolute Gasteiger partial charge is 0.388 e. The molecule has 1 unspecified atom stereocenters. The summed E-state index contributed by atoms with van der Waals surface area (Å²) in [4.78, 5) is 0. The highest BCUT2D eigenvalue weighted by molar-refractivity contribution is 9.11. The van der Waals surface area contributed by atoms with Crippen LogP contribution in [0.25, 0.3) is 0 Å². The van der Waals surface area contributed by atoms with Gasteiger partial charge in [-0.15, -0.1) is 11.3 Å². The molecular formula is C14H14BrNO3S2. The van der Waals surface area contributed by atoms with Crippen LogP contribution in [0.5, 0.6) is 0 Å². The van der Waals surface area contributed by atoms with Gasteiger partial charge < -0.3 is 5.11 Å². The van der Waals surface area contributed by atoms with Gasteiger partial charge in [0.1, 0.15) is 4.21 Å². The van der Waals surface area contributed by atoms with Crippen LogP contribution in [0.15, 0.2) is 38.3 Å². The van der Waals surface area contributed by atoms with Crippen LogP contribution in [0.2, 0.25) is 0 Å². The summed E-state index contributed by atoms with van der Waals surface area (Å²) in [6.07, 6.45) is -0.202. The maximum absolute atomic E-state index is 12.9. The van der Waals surface area contributed by atoms with Crippen LogP contribution >= 0.6 is 27.3 Å². The number of hydrogen-bond acceptors (Lipinski definition) is 4. The molecule has 0 spiro atoms. The molecule has 0 aliphatic carbocycles. The van der Waals surface area contributed by atoms with Crippen molar-refractivity contribution in [1.29, 1.82) is 0 Å². The number of rotatable bonds is 2. The minimum absolute atomic E-state index is 0.287. The Hall–Kier alpha value is -0.890. The van der Waals surface area contributed by atoms with Gasteiger partial charge in [-0.3, -0.25) is 4.31 Å². The molecule has 0 saturated carbocycles. The number of aliphatic hydroxyl groups is 1. The van der Waals surface area contributed by atoms with Crippen molar-refractivity contribution in [2.75, 3.05) is 10.8 Å². The summed E-state index contributed by atoms with van der Waals surface area (Å²) in [6, 6.07) is 8.79.